The Morgan fingerprint density at radius 2 is 1.77 bits per heavy atom. The molecule has 3 aromatic rings. The lowest BCUT2D eigenvalue weighted by atomic mass is 9.85. The number of likely N-dealkylation sites (tertiary alicyclic amines) is 1. The number of ether oxygens (including phenoxy) is 1. The van der Waals surface area contributed by atoms with Gasteiger partial charge in [-0.2, -0.15) is 0 Å². The van der Waals surface area contributed by atoms with E-state index in [1.807, 2.05) is 24.3 Å². The zero-order valence-corrected chi connectivity index (χ0v) is 20.2. The smallest absolute Gasteiger partial charge is 0.296 e. The maximum atomic E-state index is 13.2. The minimum atomic E-state index is -0.759. The summed E-state index contributed by atoms with van der Waals surface area (Å²) in [6.45, 7) is 10.4. The molecule has 2 aromatic carbocycles. The zero-order chi connectivity index (χ0) is 25.2. The fraction of sp³-hybridized carbons (Fsp3) is 0.241. The second-order valence-corrected chi connectivity index (χ2v) is 9.50. The second-order valence-electron chi connectivity index (χ2n) is 9.50. The van der Waals surface area contributed by atoms with Crippen LogP contribution in [0.5, 0.6) is 5.75 Å². The van der Waals surface area contributed by atoms with Gasteiger partial charge in [0.1, 0.15) is 23.9 Å². The normalized spacial score (nSPS) is 17.6. The molecule has 0 spiro atoms. The van der Waals surface area contributed by atoms with Gasteiger partial charge in [0.25, 0.3) is 11.7 Å². The number of benzene rings is 2. The van der Waals surface area contributed by atoms with Crippen LogP contribution in [0, 0.1) is 0 Å². The van der Waals surface area contributed by atoms with Gasteiger partial charge in [-0.25, -0.2) is 0 Å². The van der Waals surface area contributed by atoms with Crippen LogP contribution in [0.2, 0.25) is 0 Å². The van der Waals surface area contributed by atoms with Crippen molar-refractivity contribution in [3.63, 3.8) is 0 Å². The standard InChI is InChI=1S/C29H29NO5/c1-5-16-34-22-14-10-20(11-15-22)26(31)24-25(19-8-12-21(13-9-19)29(2,3)4)30(28(33)27(24)32)18-23-7-6-17-35-23/h5-15,17,25,31H,1,16,18H2,2-4H3/b26-24+. The molecule has 1 aliphatic heterocycles. The number of nitrogens with zero attached hydrogens (tertiary/aromatic N) is 1. The quantitative estimate of drug-likeness (QED) is 0.205. The van der Waals surface area contributed by atoms with E-state index >= 15 is 0 Å². The number of carbonyl (C=O) groups excluding carboxylic acids is 2. The van der Waals surface area contributed by atoms with E-state index in [0.29, 0.717) is 23.7 Å². The summed E-state index contributed by atoms with van der Waals surface area (Å²) in [5.41, 5.74) is 2.27. The van der Waals surface area contributed by atoms with E-state index < -0.39 is 17.7 Å². The van der Waals surface area contributed by atoms with Gasteiger partial charge in [-0.05, 0) is 52.9 Å². The molecule has 1 atom stereocenters. The monoisotopic (exact) mass is 471 g/mol. The molecule has 1 N–H and O–H groups in total. The van der Waals surface area contributed by atoms with Gasteiger partial charge >= 0.3 is 0 Å². The minimum absolute atomic E-state index is 0.0461. The largest absolute Gasteiger partial charge is 0.507 e. The van der Waals surface area contributed by atoms with Crippen LogP contribution in [0.15, 0.2) is 89.6 Å². The van der Waals surface area contributed by atoms with Crippen molar-refractivity contribution in [2.75, 3.05) is 6.61 Å². The van der Waals surface area contributed by atoms with Crippen molar-refractivity contribution in [3.8, 4) is 5.75 Å². The SMILES string of the molecule is C=CCOc1ccc(/C(O)=C2\C(=O)C(=O)N(Cc3ccco3)C2c2ccc(C(C)(C)C)cc2)cc1. The molecule has 1 aliphatic rings. The molecule has 1 saturated heterocycles. The van der Waals surface area contributed by atoms with Crippen molar-refractivity contribution in [3.05, 3.63) is 108 Å². The van der Waals surface area contributed by atoms with E-state index in [1.54, 1.807) is 42.5 Å². The molecule has 2 heterocycles. The molecule has 180 valence electrons. The van der Waals surface area contributed by atoms with E-state index in [1.165, 1.54) is 11.2 Å². The van der Waals surface area contributed by atoms with Gasteiger partial charge in [0.15, 0.2) is 0 Å². The molecule has 0 bridgehead atoms. The van der Waals surface area contributed by atoms with Gasteiger partial charge in [0.2, 0.25) is 0 Å². The van der Waals surface area contributed by atoms with Crippen LogP contribution in [-0.4, -0.2) is 28.3 Å². The minimum Gasteiger partial charge on any atom is -0.507 e. The lowest BCUT2D eigenvalue weighted by Gasteiger charge is -2.26. The molecule has 0 radical (unpaired) electrons. The molecule has 1 fully saturated rings. The number of amides is 1. The van der Waals surface area contributed by atoms with E-state index in [2.05, 4.69) is 27.4 Å². The number of hydrogen-bond acceptors (Lipinski definition) is 5. The van der Waals surface area contributed by atoms with Gasteiger partial charge in [0, 0.05) is 5.56 Å². The lowest BCUT2D eigenvalue weighted by Crippen LogP contribution is -2.29. The first kappa shape index (κ1) is 24.1. The molecule has 0 saturated carbocycles. The summed E-state index contributed by atoms with van der Waals surface area (Å²) in [6, 6.07) is 17.2. The first-order chi connectivity index (χ1) is 16.7. The molecule has 6 heteroatoms. The molecule has 1 amide bonds. The maximum Gasteiger partial charge on any atom is 0.296 e. The van der Waals surface area contributed by atoms with Crippen molar-refractivity contribution in [1.82, 2.24) is 4.90 Å². The summed E-state index contributed by atoms with van der Waals surface area (Å²) in [5, 5.41) is 11.2. The highest BCUT2D eigenvalue weighted by molar-refractivity contribution is 6.46. The van der Waals surface area contributed by atoms with Gasteiger partial charge < -0.3 is 19.2 Å². The van der Waals surface area contributed by atoms with Crippen LogP contribution >= 0.6 is 0 Å². The number of carbonyl (C=O) groups is 2. The number of furan rings is 1. The van der Waals surface area contributed by atoms with Crippen LogP contribution in [-0.2, 0) is 21.5 Å². The Morgan fingerprint density at radius 1 is 1.09 bits per heavy atom. The van der Waals surface area contributed by atoms with Crippen LogP contribution in [0.4, 0.5) is 0 Å². The number of aliphatic hydroxyl groups excluding tert-OH is 1. The Labute approximate surface area is 205 Å². The third-order valence-corrected chi connectivity index (χ3v) is 6.03. The average molecular weight is 472 g/mol. The third kappa shape index (κ3) is 4.92. The fourth-order valence-corrected chi connectivity index (χ4v) is 4.15. The highest BCUT2D eigenvalue weighted by Gasteiger charge is 2.46. The first-order valence-electron chi connectivity index (χ1n) is 11.5. The summed E-state index contributed by atoms with van der Waals surface area (Å²) in [5.74, 6) is -0.490. The molecule has 0 aliphatic carbocycles. The molecule has 6 nitrogen and oxygen atoms in total. The second kappa shape index (κ2) is 9.66. The third-order valence-electron chi connectivity index (χ3n) is 6.03. The number of Topliss-reactive ketones (excluding diaryl/α,β-unsaturated/α-hetero) is 1. The Morgan fingerprint density at radius 3 is 2.34 bits per heavy atom. The van der Waals surface area contributed by atoms with Gasteiger partial charge in [-0.1, -0.05) is 57.7 Å². The van der Waals surface area contributed by atoms with E-state index in [4.69, 9.17) is 9.15 Å². The summed E-state index contributed by atoms with van der Waals surface area (Å²) in [6.07, 6.45) is 3.16. The summed E-state index contributed by atoms with van der Waals surface area (Å²) in [4.78, 5) is 27.8. The van der Waals surface area contributed by atoms with Crippen molar-refractivity contribution >= 4 is 17.4 Å². The number of rotatable bonds is 7. The molecule has 1 aromatic heterocycles. The summed E-state index contributed by atoms with van der Waals surface area (Å²) in [7, 11) is 0. The van der Waals surface area contributed by atoms with Gasteiger partial charge in [-0.15, -0.1) is 0 Å². The number of ketones is 1. The maximum absolute atomic E-state index is 13.2. The molecule has 1 unspecified atom stereocenters. The van der Waals surface area contributed by atoms with Crippen molar-refractivity contribution < 1.29 is 23.8 Å². The van der Waals surface area contributed by atoms with Crippen LogP contribution in [0.3, 0.4) is 0 Å². The molecular weight excluding hydrogens is 442 g/mol. The number of hydrogen-bond donors (Lipinski definition) is 1. The van der Waals surface area contributed by atoms with Crippen molar-refractivity contribution in [2.24, 2.45) is 0 Å². The highest BCUT2D eigenvalue weighted by Crippen LogP contribution is 2.41. The fourth-order valence-electron chi connectivity index (χ4n) is 4.15. The van der Waals surface area contributed by atoms with Crippen LogP contribution in [0.1, 0.15) is 49.3 Å². The topological polar surface area (TPSA) is 80.0 Å². The molecule has 35 heavy (non-hydrogen) atoms. The Hall–Kier alpha value is -4.06. The first-order valence-corrected chi connectivity index (χ1v) is 11.5. The zero-order valence-electron chi connectivity index (χ0n) is 20.2. The summed E-state index contributed by atoms with van der Waals surface area (Å²) < 4.78 is 11.0. The van der Waals surface area contributed by atoms with E-state index in [-0.39, 0.29) is 23.3 Å². The highest BCUT2D eigenvalue weighted by atomic mass is 16.5. The van der Waals surface area contributed by atoms with E-state index in [9.17, 15) is 14.7 Å². The van der Waals surface area contributed by atoms with Gasteiger partial charge in [0.05, 0.1) is 24.4 Å². The summed E-state index contributed by atoms with van der Waals surface area (Å²) >= 11 is 0. The number of aliphatic hydroxyl groups is 1. The average Bonchev–Trinajstić information content (AvgIpc) is 3.44. The predicted octanol–water partition coefficient (Wildman–Crippen LogP) is 5.76. The Balaban J connectivity index is 1.79. The lowest BCUT2D eigenvalue weighted by molar-refractivity contribution is -0.140. The molecular formula is C29H29NO5. The predicted molar refractivity (Wildman–Crippen MR) is 134 cm³/mol. The van der Waals surface area contributed by atoms with E-state index in [0.717, 1.165) is 11.1 Å². The van der Waals surface area contributed by atoms with Gasteiger partial charge in [-0.3, -0.25) is 9.59 Å². The van der Waals surface area contributed by atoms with Crippen LogP contribution < -0.4 is 4.74 Å². The van der Waals surface area contributed by atoms with Crippen LogP contribution in [0.25, 0.3) is 5.76 Å². The van der Waals surface area contributed by atoms with Crippen molar-refractivity contribution in [2.45, 2.75) is 38.8 Å². The van der Waals surface area contributed by atoms with Crippen molar-refractivity contribution in [1.29, 1.82) is 0 Å². The Kier molecular flexibility index (Phi) is 6.65. The molecule has 4 rings (SSSR count). The Bertz CT molecular complexity index is 1250.